The van der Waals surface area contributed by atoms with Gasteiger partial charge in [-0.1, -0.05) is 36.4 Å². The fraction of sp³-hybridized carbons (Fsp3) is 0.174. The van der Waals surface area contributed by atoms with Gasteiger partial charge in [0, 0.05) is 12.1 Å². The average Bonchev–Trinajstić information content (AvgIpc) is 2.77. The molecule has 0 aliphatic carbocycles. The van der Waals surface area contributed by atoms with Crippen molar-refractivity contribution in [2.45, 2.75) is 6.54 Å². The highest BCUT2D eigenvalue weighted by Gasteiger charge is 2.21. The Morgan fingerprint density at radius 1 is 0.903 bits per heavy atom. The first-order chi connectivity index (χ1) is 14.9. The molecule has 0 bridgehead atoms. The zero-order chi connectivity index (χ0) is 22.3. The zero-order valence-electron chi connectivity index (χ0n) is 17.3. The molecule has 0 saturated heterocycles. The first kappa shape index (κ1) is 22.2. The lowest BCUT2D eigenvalue weighted by atomic mass is 10.2. The molecule has 0 aliphatic rings. The van der Waals surface area contributed by atoms with E-state index in [1.807, 2.05) is 48.5 Å². The number of rotatable bonds is 9. The van der Waals surface area contributed by atoms with Crippen LogP contribution in [0, 0.1) is 0 Å². The monoisotopic (exact) mass is 440 g/mol. The van der Waals surface area contributed by atoms with Crippen molar-refractivity contribution < 1.29 is 22.7 Å². The molecular formula is C23H24N2O5S. The maximum absolute atomic E-state index is 12.5. The maximum atomic E-state index is 12.5. The number of carbonyl (C=O) groups is 1. The van der Waals surface area contributed by atoms with Crippen LogP contribution >= 0.6 is 0 Å². The standard InChI is InChI=1S/C23H24N2O5S/c1-29-22-11-7-6-8-18(22)16-24-23(26)17-25(31(2,27)28)19-12-14-21(15-13-19)30-20-9-4-3-5-10-20/h3-15H,16-17H2,1-2H3,(H,24,26). The van der Waals surface area contributed by atoms with E-state index in [4.69, 9.17) is 9.47 Å². The lowest BCUT2D eigenvalue weighted by Crippen LogP contribution is -2.40. The van der Waals surface area contributed by atoms with Crippen LogP contribution in [0.5, 0.6) is 17.2 Å². The molecule has 0 radical (unpaired) electrons. The molecule has 0 aromatic heterocycles. The summed E-state index contributed by atoms with van der Waals surface area (Å²) >= 11 is 0. The number of hydrogen-bond donors (Lipinski definition) is 1. The molecule has 3 aromatic carbocycles. The molecule has 0 unspecified atom stereocenters. The molecule has 3 rings (SSSR count). The minimum Gasteiger partial charge on any atom is -0.496 e. The van der Waals surface area contributed by atoms with E-state index >= 15 is 0 Å². The third kappa shape index (κ3) is 6.23. The van der Waals surface area contributed by atoms with Crippen molar-refractivity contribution >= 4 is 21.6 Å². The number of amides is 1. The third-order valence-corrected chi connectivity index (χ3v) is 5.60. The molecule has 7 nitrogen and oxygen atoms in total. The van der Waals surface area contributed by atoms with E-state index in [0.717, 1.165) is 16.1 Å². The normalized spacial score (nSPS) is 10.9. The first-order valence-corrected chi connectivity index (χ1v) is 11.4. The van der Waals surface area contributed by atoms with Crippen molar-refractivity contribution in [2.24, 2.45) is 0 Å². The van der Waals surface area contributed by atoms with Crippen molar-refractivity contribution in [3.8, 4) is 17.2 Å². The lowest BCUT2D eigenvalue weighted by molar-refractivity contribution is -0.119. The number of anilines is 1. The van der Waals surface area contributed by atoms with Gasteiger partial charge in [0.25, 0.3) is 0 Å². The lowest BCUT2D eigenvalue weighted by Gasteiger charge is -2.22. The minimum absolute atomic E-state index is 0.226. The van der Waals surface area contributed by atoms with Gasteiger partial charge in [0.05, 0.1) is 19.1 Å². The van der Waals surface area contributed by atoms with E-state index in [1.54, 1.807) is 37.4 Å². The second-order valence-corrected chi connectivity index (χ2v) is 8.67. The van der Waals surface area contributed by atoms with Crippen molar-refractivity contribution in [3.63, 3.8) is 0 Å². The van der Waals surface area contributed by atoms with Gasteiger partial charge in [-0.25, -0.2) is 8.42 Å². The molecule has 1 amide bonds. The van der Waals surface area contributed by atoms with Gasteiger partial charge in [0.1, 0.15) is 23.8 Å². The van der Waals surface area contributed by atoms with E-state index in [0.29, 0.717) is 22.9 Å². The summed E-state index contributed by atoms with van der Waals surface area (Å²) in [7, 11) is -2.12. The van der Waals surface area contributed by atoms with Crippen LogP contribution in [-0.2, 0) is 21.4 Å². The zero-order valence-corrected chi connectivity index (χ0v) is 18.1. The molecule has 1 N–H and O–H groups in total. The Kier molecular flexibility index (Phi) is 7.15. The average molecular weight is 441 g/mol. The van der Waals surface area contributed by atoms with Crippen molar-refractivity contribution in [3.05, 3.63) is 84.4 Å². The van der Waals surface area contributed by atoms with Gasteiger partial charge in [-0.3, -0.25) is 9.10 Å². The van der Waals surface area contributed by atoms with Crippen LogP contribution in [0.1, 0.15) is 5.56 Å². The number of hydrogen-bond acceptors (Lipinski definition) is 5. The van der Waals surface area contributed by atoms with Crippen LogP contribution in [0.25, 0.3) is 0 Å². The predicted octanol–water partition coefficient (Wildman–Crippen LogP) is 3.57. The summed E-state index contributed by atoms with van der Waals surface area (Å²) in [5.41, 5.74) is 1.17. The summed E-state index contributed by atoms with van der Waals surface area (Å²) in [6.45, 7) is -0.114. The van der Waals surface area contributed by atoms with E-state index in [1.165, 1.54) is 0 Å². The van der Waals surface area contributed by atoms with E-state index < -0.39 is 15.9 Å². The second-order valence-electron chi connectivity index (χ2n) is 6.77. The van der Waals surface area contributed by atoms with Crippen LogP contribution in [0.4, 0.5) is 5.69 Å². The maximum Gasteiger partial charge on any atom is 0.241 e. The van der Waals surface area contributed by atoms with Gasteiger partial charge in [-0.15, -0.1) is 0 Å². The van der Waals surface area contributed by atoms with Gasteiger partial charge in [0.15, 0.2) is 0 Å². The van der Waals surface area contributed by atoms with Gasteiger partial charge >= 0.3 is 0 Å². The molecule has 0 fully saturated rings. The molecule has 162 valence electrons. The van der Waals surface area contributed by atoms with Crippen LogP contribution in [0.2, 0.25) is 0 Å². The van der Waals surface area contributed by atoms with Crippen LogP contribution in [0.15, 0.2) is 78.9 Å². The molecule has 0 atom stereocenters. The topological polar surface area (TPSA) is 84.9 Å². The van der Waals surface area contributed by atoms with Crippen molar-refractivity contribution in [1.29, 1.82) is 0 Å². The summed E-state index contributed by atoms with van der Waals surface area (Å²) < 4.78 is 36.7. The summed E-state index contributed by atoms with van der Waals surface area (Å²) in [6, 6.07) is 23.1. The summed E-state index contributed by atoms with van der Waals surface area (Å²) in [5.74, 6) is 1.45. The molecular weight excluding hydrogens is 416 g/mol. The Balaban J connectivity index is 1.68. The summed E-state index contributed by atoms with van der Waals surface area (Å²) in [5, 5.41) is 2.74. The van der Waals surface area contributed by atoms with E-state index in [-0.39, 0.29) is 13.1 Å². The van der Waals surface area contributed by atoms with Gasteiger partial charge in [-0.2, -0.15) is 0 Å². The largest absolute Gasteiger partial charge is 0.496 e. The molecule has 0 spiro atoms. The van der Waals surface area contributed by atoms with Crippen LogP contribution < -0.4 is 19.1 Å². The highest BCUT2D eigenvalue weighted by Crippen LogP contribution is 2.25. The number of benzene rings is 3. The second kappa shape index (κ2) is 9.99. The number of ether oxygens (including phenoxy) is 2. The smallest absolute Gasteiger partial charge is 0.241 e. The van der Waals surface area contributed by atoms with Crippen molar-refractivity contribution in [2.75, 3.05) is 24.2 Å². The Morgan fingerprint density at radius 3 is 2.16 bits per heavy atom. The highest BCUT2D eigenvalue weighted by atomic mass is 32.2. The van der Waals surface area contributed by atoms with Gasteiger partial charge < -0.3 is 14.8 Å². The fourth-order valence-corrected chi connectivity index (χ4v) is 3.79. The molecule has 0 saturated carbocycles. The Bertz CT molecular complexity index is 1120. The molecule has 0 heterocycles. The molecule has 8 heteroatoms. The number of para-hydroxylation sites is 2. The summed E-state index contributed by atoms with van der Waals surface area (Å²) in [4.78, 5) is 12.5. The van der Waals surface area contributed by atoms with E-state index in [9.17, 15) is 13.2 Å². The number of sulfonamides is 1. The minimum atomic E-state index is -3.67. The third-order valence-electron chi connectivity index (χ3n) is 4.46. The SMILES string of the molecule is COc1ccccc1CNC(=O)CN(c1ccc(Oc2ccccc2)cc1)S(C)(=O)=O. The fourth-order valence-electron chi connectivity index (χ4n) is 2.93. The Morgan fingerprint density at radius 2 is 1.52 bits per heavy atom. The number of methoxy groups -OCH3 is 1. The van der Waals surface area contributed by atoms with E-state index in [2.05, 4.69) is 5.32 Å². The highest BCUT2D eigenvalue weighted by molar-refractivity contribution is 7.92. The number of carbonyl (C=O) groups excluding carboxylic acids is 1. The Hall–Kier alpha value is -3.52. The Labute approximate surface area is 182 Å². The van der Waals surface area contributed by atoms with Crippen LogP contribution in [0.3, 0.4) is 0 Å². The number of nitrogens with one attached hydrogen (secondary N) is 1. The number of nitrogens with zero attached hydrogens (tertiary/aromatic N) is 1. The molecule has 3 aromatic rings. The summed E-state index contributed by atoms with van der Waals surface area (Å²) in [6.07, 6.45) is 1.06. The quantitative estimate of drug-likeness (QED) is 0.550. The van der Waals surface area contributed by atoms with Gasteiger partial charge in [-0.05, 0) is 42.5 Å². The van der Waals surface area contributed by atoms with Crippen LogP contribution in [-0.4, -0.2) is 34.2 Å². The molecule has 31 heavy (non-hydrogen) atoms. The first-order valence-electron chi connectivity index (χ1n) is 9.56. The van der Waals surface area contributed by atoms with Crippen molar-refractivity contribution in [1.82, 2.24) is 5.32 Å². The predicted molar refractivity (Wildman–Crippen MR) is 120 cm³/mol. The van der Waals surface area contributed by atoms with Gasteiger partial charge in [0.2, 0.25) is 15.9 Å². The molecule has 0 aliphatic heterocycles.